The summed E-state index contributed by atoms with van der Waals surface area (Å²) < 4.78 is 0. The second-order valence-corrected chi connectivity index (χ2v) is 6.91. The highest BCUT2D eigenvalue weighted by molar-refractivity contribution is 6.43. The molecule has 0 radical (unpaired) electrons. The minimum atomic E-state index is -1.62. The van der Waals surface area contributed by atoms with Gasteiger partial charge in [0.05, 0.1) is 11.6 Å². The summed E-state index contributed by atoms with van der Waals surface area (Å²) in [5, 5.41) is 27.6. The summed E-state index contributed by atoms with van der Waals surface area (Å²) in [6.45, 7) is 3.89. The second-order valence-electron chi connectivity index (χ2n) is 6.91. The van der Waals surface area contributed by atoms with E-state index >= 15 is 0 Å². The van der Waals surface area contributed by atoms with Gasteiger partial charge in [-0.2, -0.15) is 0 Å². The maximum absolute atomic E-state index is 12.4. The lowest BCUT2D eigenvalue weighted by Crippen LogP contribution is -2.50. The molecular weight excluding hydrogens is 333 g/mol. The van der Waals surface area contributed by atoms with Crippen LogP contribution in [0.15, 0.2) is 41.7 Å². The van der Waals surface area contributed by atoms with Gasteiger partial charge in [-0.25, -0.2) is 0 Å². The third-order valence-electron chi connectivity index (χ3n) is 4.30. The third-order valence-corrected chi connectivity index (χ3v) is 4.30. The quantitative estimate of drug-likeness (QED) is 0.677. The maximum Gasteiger partial charge on any atom is 0.475 e. The van der Waals surface area contributed by atoms with E-state index < -0.39 is 25.1 Å². The first-order chi connectivity index (χ1) is 12.4. The number of amides is 1. The predicted molar refractivity (Wildman–Crippen MR) is 99.3 cm³/mol. The highest BCUT2D eigenvalue weighted by atomic mass is 16.6. The minimum Gasteiger partial charge on any atom is -0.426 e. The molecule has 7 nitrogen and oxygen atoms in total. The van der Waals surface area contributed by atoms with Crippen LogP contribution < -0.4 is 5.32 Å². The molecule has 1 aromatic carbocycles. The number of nitrogens with one attached hydrogen (secondary N) is 1. The lowest BCUT2D eigenvalue weighted by atomic mass is 9.75. The van der Waals surface area contributed by atoms with Gasteiger partial charge in [-0.15, -0.1) is 0 Å². The van der Waals surface area contributed by atoms with Crippen LogP contribution in [0.3, 0.4) is 0 Å². The highest BCUT2D eigenvalue weighted by Gasteiger charge is 2.33. The molecular formula is C18H22BN3O4. The largest absolute Gasteiger partial charge is 0.475 e. The minimum absolute atomic E-state index is 0.209. The van der Waals surface area contributed by atoms with E-state index in [4.69, 9.17) is 4.84 Å². The van der Waals surface area contributed by atoms with Gasteiger partial charge in [0.25, 0.3) is 5.91 Å². The van der Waals surface area contributed by atoms with Crippen molar-refractivity contribution < 1.29 is 19.7 Å². The number of pyridine rings is 1. The van der Waals surface area contributed by atoms with Gasteiger partial charge in [0.15, 0.2) is 0 Å². The Kier molecular flexibility index (Phi) is 5.53. The molecule has 0 saturated heterocycles. The summed E-state index contributed by atoms with van der Waals surface area (Å²) in [5.41, 5.74) is 1.26. The standard InChI is InChI=1S/C18H22BN3O4/c1-11(2)7-17(19(24)25)21-18(23)16-9-15(22-26-16)14-8-12-5-3-4-6-13(12)10-20-14/h3-6,8,10-11,16-17,24-25H,7,9H2,1-2H3,(H,21,23)/t16?,17-/m0/s1. The van der Waals surface area contributed by atoms with Gasteiger partial charge in [0, 0.05) is 18.0 Å². The Morgan fingerprint density at radius 3 is 2.77 bits per heavy atom. The van der Waals surface area contributed by atoms with Crippen LogP contribution in [0.2, 0.25) is 0 Å². The third kappa shape index (κ3) is 4.20. The van der Waals surface area contributed by atoms with E-state index in [9.17, 15) is 14.8 Å². The molecule has 0 saturated carbocycles. The zero-order valence-corrected chi connectivity index (χ0v) is 14.8. The van der Waals surface area contributed by atoms with E-state index in [0.717, 1.165) is 10.8 Å². The van der Waals surface area contributed by atoms with Crippen molar-refractivity contribution >= 4 is 29.5 Å². The summed E-state index contributed by atoms with van der Waals surface area (Å²) in [6, 6.07) is 9.77. The first-order valence-electron chi connectivity index (χ1n) is 8.68. The van der Waals surface area contributed by atoms with Crippen molar-refractivity contribution in [1.29, 1.82) is 0 Å². The fourth-order valence-corrected chi connectivity index (χ4v) is 2.95. The van der Waals surface area contributed by atoms with Gasteiger partial charge < -0.3 is 20.2 Å². The summed E-state index contributed by atoms with van der Waals surface area (Å²) in [5.74, 6) is -0.947. The van der Waals surface area contributed by atoms with Crippen molar-refractivity contribution in [3.63, 3.8) is 0 Å². The number of hydrogen-bond donors (Lipinski definition) is 3. The Labute approximate surface area is 152 Å². The molecule has 8 heteroatoms. The van der Waals surface area contributed by atoms with Gasteiger partial charge in [0.1, 0.15) is 5.71 Å². The fraction of sp³-hybridized carbons (Fsp3) is 0.389. The van der Waals surface area contributed by atoms with Crippen LogP contribution in [-0.2, 0) is 9.63 Å². The van der Waals surface area contributed by atoms with Crippen LogP contribution >= 0.6 is 0 Å². The van der Waals surface area contributed by atoms with E-state index in [-0.39, 0.29) is 12.3 Å². The molecule has 3 N–H and O–H groups in total. The van der Waals surface area contributed by atoms with Crippen molar-refractivity contribution in [2.24, 2.45) is 11.1 Å². The molecule has 2 atom stereocenters. The molecule has 26 heavy (non-hydrogen) atoms. The Morgan fingerprint density at radius 2 is 2.08 bits per heavy atom. The Bertz CT molecular complexity index is 825. The molecule has 136 valence electrons. The van der Waals surface area contributed by atoms with Crippen LogP contribution in [0, 0.1) is 5.92 Å². The normalized spacial score (nSPS) is 17.7. The average molecular weight is 355 g/mol. The first-order valence-corrected chi connectivity index (χ1v) is 8.68. The molecule has 3 rings (SSSR count). The van der Waals surface area contributed by atoms with Gasteiger partial charge in [0.2, 0.25) is 6.10 Å². The number of aromatic nitrogens is 1. The van der Waals surface area contributed by atoms with Gasteiger partial charge >= 0.3 is 7.12 Å². The number of carbonyl (C=O) groups is 1. The monoisotopic (exact) mass is 355 g/mol. The van der Waals surface area contributed by atoms with Crippen molar-refractivity contribution in [1.82, 2.24) is 10.3 Å². The van der Waals surface area contributed by atoms with E-state index in [0.29, 0.717) is 17.8 Å². The molecule has 2 heterocycles. The lowest BCUT2D eigenvalue weighted by molar-refractivity contribution is -0.131. The van der Waals surface area contributed by atoms with E-state index in [1.54, 1.807) is 6.20 Å². The number of rotatable bonds is 6. The first kappa shape index (κ1) is 18.3. The van der Waals surface area contributed by atoms with E-state index in [1.165, 1.54) is 0 Å². The van der Waals surface area contributed by atoms with Crippen molar-refractivity contribution in [2.45, 2.75) is 38.7 Å². The molecule has 1 amide bonds. The van der Waals surface area contributed by atoms with Crippen LogP contribution in [0.4, 0.5) is 0 Å². The fourth-order valence-electron chi connectivity index (χ4n) is 2.95. The molecule has 0 aliphatic carbocycles. The van der Waals surface area contributed by atoms with Crippen LogP contribution in [0.5, 0.6) is 0 Å². The predicted octanol–water partition coefficient (Wildman–Crippen LogP) is 1.27. The smallest absolute Gasteiger partial charge is 0.426 e. The molecule has 0 spiro atoms. The molecule has 1 aliphatic heterocycles. The van der Waals surface area contributed by atoms with E-state index in [2.05, 4.69) is 15.5 Å². The van der Waals surface area contributed by atoms with Crippen molar-refractivity contribution in [3.8, 4) is 0 Å². The molecule has 1 unspecified atom stereocenters. The van der Waals surface area contributed by atoms with Gasteiger partial charge in [-0.3, -0.25) is 9.78 Å². The summed E-state index contributed by atoms with van der Waals surface area (Å²) in [7, 11) is -1.62. The van der Waals surface area contributed by atoms with Crippen LogP contribution in [0.25, 0.3) is 10.8 Å². The van der Waals surface area contributed by atoms with Crippen LogP contribution in [0.1, 0.15) is 32.4 Å². The van der Waals surface area contributed by atoms with Gasteiger partial charge in [-0.1, -0.05) is 43.3 Å². The zero-order chi connectivity index (χ0) is 18.7. The summed E-state index contributed by atoms with van der Waals surface area (Å²) in [4.78, 5) is 22.0. The number of nitrogens with zero attached hydrogens (tertiary/aromatic N) is 2. The van der Waals surface area contributed by atoms with Gasteiger partial charge in [-0.05, 0) is 23.8 Å². The second kappa shape index (κ2) is 7.84. The zero-order valence-electron chi connectivity index (χ0n) is 14.8. The maximum atomic E-state index is 12.4. The topological polar surface area (TPSA) is 104 Å². The molecule has 1 aliphatic rings. The summed E-state index contributed by atoms with van der Waals surface area (Å²) >= 11 is 0. The molecule has 0 fully saturated rings. The molecule has 2 aromatic rings. The average Bonchev–Trinajstić information content (AvgIpc) is 3.10. The Hall–Kier alpha value is -2.45. The number of oxime groups is 1. The Morgan fingerprint density at radius 1 is 1.35 bits per heavy atom. The highest BCUT2D eigenvalue weighted by Crippen LogP contribution is 2.20. The number of fused-ring (bicyclic) bond motifs is 1. The number of benzene rings is 1. The molecule has 0 bridgehead atoms. The lowest BCUT2D eigenvalue weighted by Gasteiger charge is -2.20. The molecule has 1 aromatic heterocycles. The van der Waals surface area contributed by atoms with Crippen LogP contribution in [-0.4, -0.2) is 45.8 Å². The summed E-state index contributed by atoms with van der Waals surface area (Å²) in [6.07, 6.45) is 1.71. The van der Waals surface area contributed by atoms with E-state index in [1.807, 2.05) is 44.2 Å². The number of carbonyl (C=O) groups excluding carboxylic acids is 1. The van der Waals surface area contributed by atoms with Crippen molar-refractivity contribution in [3.05, 3.63) is 42.2 Å². The Balaban J connectivity index is 1.65. The number of hydrogen-bond acceptors (Lipinski definition) is 6. The SMILES string of the molecule is CC(C)C[C@H](NC(=O)C1CC(c2cc3ccccc3cn2)=NO1)B(O)O. The van der Waals surface area contributed by atoms with Crippen molar-refractivity contribution in [2.75, 3.05) is 0 Å².